The van der Waals surface area contributed by atoms with Crippen LogP contribution in [0.2, 0.25) is 0 Å². The molecule has 0 bridgehead atoms. The number of anilines is 2. The predicted octanol–water partition coefficient (Wildman–Crippen LogP) is 5.69. The maximum absolute atomic E-state index is 13.5. The van der Waals surface area contributed by atoms with Crippen molar-refractivity contribution in [1.82, 2.24) is 14.7 Å². The van der Waals surface area contributed by atoms with Crippen molar-refractivity contribution >= 4 is 27.6 Å². The molecular formula is C31H32N4O3S. The van der Waals surface area contributed by atoms with Gasteiger partial charge in [-0.05, 0) is 84.7 Å². The van der Waals surface area contributed by atoms with Crippen molar-refractivity contribution in [2.75, 3.05) is 4.90 Å². The molecule has 0 saturated carbocycles. The van der Waals surface area contributed by atoms with Crippen LogP contribution in [0.4, 0.5) is 11.6 Å². The zero-order valence-electron chi connectivity index (χ0n) is 22.0. The number of aromatic nitrogens is 2. The predicted molar refractivity (Wildman–Crippen MR) is 152 cm³/mol. The van der Waals surface area contributed by atoms with Crippen LogP contribution in [0.1, 0.15) is 54.5 Å². The van der Waals surface area contributed by atoms with Crippen molar-refractivity contribution < 1.29 is 13.2 Å². The maximum Gasteiger partial charge on any atom is 0.241 e. The van der Waals surface area contributed by atoms with E-state index in [1.54, 1.807) is 35.5 Å². The minimum atomic E-state index is -3.71. The maximum atomic E-state index is 13.5. The van der Waals surface area contributed by atoms with E-state index >= 15 is 0 Å². The minimum absolute atomic E-state index is 0.108. The largest absolute Gasteiger partial charge is 0.274 e. The Labute approximate surface area is 230 Å². The number of amides is 1. The third-order valence-electron chi connectivity index (χ3n) is 7.11. The second kappa shape index (κ2) is 11.9. The van der Waals surface area contributed by atoms with Gasteiger partial charge in [0.25, 0.3) is 0 Å². The first-order valence-electron chi connectivity index (χ1n) is 13.3. The van der Waals surface area contributed by atoms with E-state index in [0.29, 0.717) is 30.9 Å². The first kappa shape index (κ1) is 26.7. The Bertz CT molecular complexity index is 1530. The highest BCUT2D eigenvalue weighted by Crippen LogP contribution is 2.36. The van der Waals surface area contributed by atoms with Gasteiger partial charge in [-0.3, -0.25) is 4.79 Å². The van der Waals surface area contributed by atoms with Crippen LogP contribution in [0.5, 0.6) is 0 Å². The number of nitrogens with one attached hydrogen (secondary N) is 1. The van der Waals surface area contributed by atoms with Crippen LogP contribution in [0.3, 0.4) is 0 Å². The monoisotopic (exact) mass is 540 g/mol. The fraction of sp³-hybridized carbons (Fsp3) is 0.258. The zero-order valence-corrected chi connectivity index (χ0v) is 22.8. The molecule has 1 aliphatic carbocycles. The highest BCUT2D eigenvalue weighted by atomic mass is 32.2. The average Bonchev–Trinajstić information content (AvgIpc) is 3.35. The topological polar surface area (TPSA) is 92.3 Å². The first-order chi connectivity index (χ1) is 18.9. The molecule has 3 aromatic carbocycles. The zero-order chi connectivity index (χ0) is 27.2. The van der Waals surface area contributed by atoms with Crippen LogP contribution in [0.25, 0.3) is 0 Å². The van der Waals surface area contributed by atoms with Gasteiger partial charge < -0.3 is 0 Å². The Balaban J connectivity index is 1.38. The van der Waals surface area contributed by atoms with Crippen molar-refractivity contribution in [2.24, 2.45) is 0 Å². The summed E-state index contributed by atoms with van der Waals surface area (Å²) in [5.74, 6) is 0.191. The summed E-state index contributed by atoms with van der Waals surface area (Å²) in [6.07, 6.45) is 7.29. The van der Waals surface area contributed by atoms with Crippen LogP contribution < -0.4 is 9.62 Å². The van der Waals surface area contributed by atoms with Gasteiger partial charge in [0.15, 0.2) is 0 Å². The van der Waals surface area contributed by atoms with Crippen LogP contribution in [-0.4, -0.2) is 24.3 Å². The summed E-state index contributed by atoms with van der Waals surface area (Å²) in [5.41, 5.74) is 4.84. The van der Waals surface area contributed by atoms with E-state index in [1.807, 2.05) is 55.5 Å². The Morgan fingerprint density at radius 1 is 0.949 bits per heavy atom. The molecule has 39 heavy (non-hydrogen) atoms. The van der Waals surface area contributed by atoms with Crippen LogP contribution in [0.15, 0.2) is 96.2 Å². The van der Waals surface area contributed by atoms with E-state index in [0.717, 1.165) is 36.0 Å². The molecule has 1 N–H and O–H groups in total. The van der Waals surface area contributed by atoms with Crippen LogP contribution in [0, 0.1) is 0 Å². The minimum Gasteiger partial charge on any atom is -0.274 e. The third kappa shape index (κ3) is 6.24. The summed E-state index contributed by atoms with van der Waals surface area (Å²) < 4.78 is 29.3. The summed E-state index contributed by atoms with van der Waals surface area (Å²) in [6, 6.07) is 24.2. The van der Waals surface area contributed by atoms with E-state index in [-0.39, 0.29) is 16.8 Å². The number of sulfonamides is 1. The van der Waals surface area contributed by atoms with E-state index in [9.17, 15) is 13.2 Å². The Morgan fingerprint density at radius 3 is 2.41 bits per heavy atom. The van der Waals surface area contributed by atoms with Gasteiger partial charge in [0, 0.05) is 24.9 Å². The number of benzene rings is 3. The van der Waals surface area contributed by atoms with Gasteiger partial charge in [-0.25, -0.2) is 28.0 Å². The second-order valence-corrected chi connectivity index (χ2v) is 11.4. The molecular weight excluding hydrogens is 508 g/mol. The molecule has 1 amide bonds. The summed E-state index contributed by atoms with van der Waals surface area (Å²) in [4.78, 5) is 24.0. The molecule has 0 radical (unpaired) electrons. The number of rotatable bonds is 10. The van der Waals surface area contributed by atoms with Crippen molar-refractivity contribution in [1.29, 1.82) is 0 Å². The van der Waals surface area contributed by atoms with Gasteiger partial charge in [0.1, 0.15) is 0 Å². The van der Waals surface area contributed by atoms with Gasteiger partial charge in [-0.2, -0.15) is 0 Å². The lowest BCUT2D eigenvalue weighted by Crippen LogP contribution is -2.29. The molecule has 5 rings (SSSR count). The van der Waals surface area contributed by atoms with E-state index in [1.165, 1.54) is 5.56 Å². The molecule has 8 heteroatoms. The van der Waals surface area contributed by atoms with Gasteiger partial charge in [-0.15, -0.1) is 0 Å². The molecule has 1 aromatic heterocycles. The fourth-order valence-corrected chi connectivity index (χ4v) is 6.24. The number of hydrogen-bond acceptors (Lipinski definition) is 5. The summed E-state index contributed by atoms with van der Waals surface area (Å²) in [6.45, 7) is 2.03. The number of hydrogen-bond donors (Lipinski definition) is 1. The van der Waals surface area contributed by atoms with E-state index in [2.05, 4.69) is 26.8 Å². The van der Waals surface area contributed by atoms with E-state index in [4.69, 9.17) is 0 Å². The highest BCUT2D eigenvalue weighted by Gasteiger charge is 2.29. The fourth-order valence-electron chi connectivity index (χ4n) is 4.99. The van der Waals surface area contributed by atoms with Gasteiger partial charge >= 0.3 is 0 Å². The molecule has 0 saturated heterocycles. The van der Waals surface area contributed by atoms with Crippen molar-refractivity contribution in [3.8, 4) is 0 Å². The summed E-state index contributed by atoms with van der Waals surface area (Å²) in [5, 5.41) is 0. The molecule has 4 aromatic rings. The van der Waals surface area contributed by atoms with Gasteiger partial charge in [0.2, 0.25) is 21.9 Å². The molecule has 1 aliphatic rings. The Hall–Kier alpha value is -3.88. The molecule has 0 aliphatic heterocycles. The second-order valence-electron chi connectivity index (χ2n) is 9.71. The molecule has 0 spiro atoms. The van der Waals surface area contributed by atoms with Crippen molar-refractivity contribution in [3.05, 3.63) is 114 Å². The van der Waals surface area contributed by atoms with Crippen LogP contribution in [-0.2, 0) is 34.1 Å². The van der Waals surface area contributed by atoms with Crippen LogP contribution >= 0.6 is 0 Å². The number of carbonyl (C=O) groups excluding carboxylic acids is 1. The molecule has 200 valence electrons. The lowest BCUT2D eigenvalue weighted by Gasteiger charge is -2.23. The number of carbonyl (C=O) groups is 1. The number of aryl methyl sites for hydroxylation is 3. The highest BCUT2D eigenvalue weighted by molar-refractivity contribution is 7.89. The molecule has 1 heterocycles. The lowest BCUT2D eigenvalue weighted by atomic mass is 10.1. The normalized spacial score (nSPS) is 14.6. The SMILES string of the molecule is CCc1ccc(S(=O)(=O)NC2CCc3ccc(N(C(=O)CCCc4ccccc4)c4ncccn4)cc32)cc1. The van der Waals surface area contributed by atoms with Crippen molar-refractivity contribution in [3.63, 3.8) is 0 Å². The standard InChI is InChI=1S/C31H32N4O3S/c1-2-23-12-17-27(18-13-23)39(37,38)34-29-19-15-25-14-16-26(22-28(25)29)35(31-32-20-7-21-33-31)30(36)11-6-10-24-8-4-3-5-9-24/h3-5,7-9,12-14,16-18,20-22,29,34H,2,6,10-11,15,19H2,1H3. The van der Waals surface area contributed by atoms with Crippen molar-refractivity contribution in [2.45, 2.75) is 56.4 Å². The quantitative estimate of drug-likeness (QED) is 0.279. The Kier molecular flexibility index (Phi) is 8.14. The number of nitrogens with zero attached hydrogens (tertiary/aromatic N) is 3. The lowest BCUT2D eigenvalue weighted by molar-refractivity contribution is -0.118. The van der Waals surface area contributed by atoms with E-state index < -0.39 is 10.0 Å². The number of fused-ring (bicyclic) bond motifs is 1. The molecule has 7 nitrogen and oxygen atoms in total. The third-order valence-corrected chi connectivity index (χ3v) is 8.59. The molecule has 1 atom stereocenters. The summed E-state index contributed by atoms with van der Waals surface area (Å²) >= 11 is 0. The van der Waals surface area contributed by atoms with Gasteiger partial charge in [0.05, 0.1) is 10.6 Å². The molecule has 0 fully saturated rings. The summed E-state index contributed by atoms with van der Waals surface area (Å²) in [7, 11) is -3.71. The first-order valence-corrected chi connectivity index (χ1v) is 14.8. The van der Waals surface area contributed by atoms with Gasteiger partial charge in [-0.1, -0.05) is 55.5 Å². The Morgan fingerprint density at radius 2 is 1.69 bits per heavy atom. The average molecular weight is 541 g/mol. The smallest absolute Gasteiger partial charge is 0.241 e. The molecule has 1 unspecified atom stereocenters.